The van der Waals surface area contributed by atoms with Crippen LogP contribution in [0.4, 0.5) is 0 Å². The molecule has 2 aromatic carbocycles. The summed E-state index contributed by atoms with van der Waals surface area (Å²) in [4.78, 5) is 0.183. The number of ether oxygens (including phenoxy) is 1. The molecular weight excluding hydrogens is 298 g/mol. The van der Waals surface area contributed by atoms with E-state index in [1.54, 1.807) is 42.5 Å². The Balaban J connectivity index is 2.07. The second kappa shape index (κ2) is 7.22. The van der Waals surface area contributed by atoms with E-state index >= 15 is 0 Å². The first-order valence-electron chi connectivity index (χ1n) is 7.05. The summed E-state index contributed by atoms with van der Waals surface area (Å²) in [5, 5.41) is 0. The quantitative estimate of drug-likeness (QED) is 0.766. The third kappa shape index (κ3) is 4.70. The molecule has 2 aromatic rings. The van der Waals surface area contributed by atoms with Gasteiger partial charge in [0.1, 0.15) is 5.75 Å². The van der Waals surface area contributed by atoms with Gasteiger partial charge in [0.25, 0.3) is 10.0 Å². The Bertz CT molecular complexity index is 720. The van der Waals surface area contributed by atoms with E-state index < -0.39 is 10.0 Å². The number of sulfonamides is 1. The molecular formula is C17H19NO3S. The molecule has 2 rings (SSSR count). The summed E-state index contributed by atoms with van der Waals surface area (Å²) in [6.45, 7) is 4.81. The van der Waals surface area contributed by atoms with Crippen molar-refractivity contribution in [3.63, 3.8) is 0 Å². The van der Waals surface area contributed by atoms with Gasteiger partial charge in [-0.15, -0.1) is 0 Å². The van der Waals surface area contributed by atoms with E-state index in [2.05, 4.69) is 18.2 Å². The molecule has 0 heterocycles. The predicted octanol–water partition coefficient (Wildman–Crippen LogP) is 3.53. The van der Waals surface area contributed by atoms with Crippen molar-refractivity contribution in [2.24, 2.45) is 10.3 Å². The van der Waals surface area contributed by atoms with Gasteiger partial charge in [0.05, 0.1) is 11.5 Å². The van der Waals surface area contributed by atoms with Crippen LogP contribution in [0.5, 0.6) is 5.75 Å². The molecule has 0 aliphatic carbocycles. The normalized spacial score (nSPS) is 12.0. The van der Waals surface area contributed by atoms with Crippen molar-refractivity contribution in [3.8, 4) is 5.75 Å². The van der Waals surface area contributed by atoms with Crippen LogP contribution >= 0.6 is 0 Å². The van der Waals surface area contributed by atoms with E-state index in [0.717, 1.165) is 5.75 Å². The molecule has 0 unspecified atom stereocenters. The first-order valence-corrected chi connectivity index (χ1v) is 8.49. The average molecular weight is 317 g/mol. The van der Waals surface area contributed by atoms with Crippen molar-refractivity contribution >= 4 is 16.2 Å². The van der Waals surface area contributed by atoms with Crippen LogP contribution in [0.3, 0.4) is 0 Å². The molecule has 0 bridgehead atoms. The molecule has 0 saturated heterocycles. The summed E-state index contributed by atoms with van der Waals surface area (Å²) in [7, 11) is -3.65. The number of rotatable bonds is 6. The maximum absolute atomic E-state index is 12.0. The van der Waals surface area contributed by atoms with Crippen molar-refractivity contribution < 1.29 is 13.2 Å². The van der Waals surface area contributed by atoms with Crippen molar-refractivity contribution in [1.29, 1.82) is 0 Å². The van der Waals surface area contributed by atoms with Crippen LogP contribution in [0, 0.1) is 5.92 Å². The fourth-order valence-electron chi connectivity index (χ4n) is 1.70. The van der Waals surface area contributed by atoms with Gasteiger partial charge < -0.3 is 4.74 Å². The van der Waals surface area contributed by atoms with E-state index in [9.17, 15) is 8.42 Å². The highest BCUT2D eigenvalue weighted by atomic mass is 32.2. The van der Waals surface area contributed by atoms with Gasteiger partial charge in [-0.3, -0.25) is 0 Å². The number of hydrogen-bond acceptors (Lipinski definition) is 3. The largest absolute Gasteiger partial charge is 0.493 e. The second-order valence-electron chi connectivity index (χ2n) is 5.30. The molecule has 4 nitrogen and oxygen atoms in total. The lowest BCUT2D eigenvalue weighted by atomic mass is 10.2. The Labute approximate surface area is 131 Å². The van der Waals surface area contributed by atoms with E-state index in [4.69, 9.17) is 4.74 Å². The number of nitrogens with zero attached hydrogens (tertiary/aromatic N) is 1. The van der Waals surface area contributed by atoms with Crippen LogP contribution in [-0.2, 0) is 10.0 Å². The third-order valence-corrected chi connectivity index (χ3v) is 4.10. The Morgan fingerprint density at radius 1 is 1.05 bits per heavy atom. The number of benzene rings is 2. The highest BCUT2D eigenvalue weighted by Gasteiger charge is 2.10. The van der Waals surface area contributed by atoms with Gasteiger partial charge >= 0.3 is 0 Å². The van der Waals surface area contributed by atoms with Crippen LogP contribution in [-0.4, -0.2) is 21.2 Å². The minimum absolute atomic E-state index is 0.183. The number of hydrogen-bond donors (Lipinski definition) is 0. The summed E-state index contributed by atoms with van der Waals surface area (Å²) in [5.74, 6) is 1.22. The van der Waals surface area contributed by atoms with Crippen LogP contribution in [0.1, 0.15) is 19.4 Å². The molecule has 0 N–H and O–H groups in total. The maximum Gasteiger partial charge on any atom is 0.282 e. The van der Waals surface area contributed by atoms with Crippen molar-refractivity contribution in [2.75, 3.05) is 6.61 Å². The van der Waals surface area contributed by atoms with Gasteiger partial charge in [-0.2, -0.15) is 12.8 Å². The van der Waals surface area contributed by atoms with E-state index in [1.807, 2.05) is 0 Å². The summed E-state index contributed by atoms with van der Waals surface area (Å²) in [6, 6.07) is 15.3. The van der Waals surface area contributed by atoms with Gasteiger partial charge in [0.15, 0.2) is 0 Å². The molecule has 0 aliphatic heterocycles. The Hall–Kier alpha value is -2.14. The molecule has 0 aliphatic rings. The summed E-state index contributed by atoms with van der Waals surface area (Å²) < 4.78 is 33.3. The maximum atomic E-state index is 12.0. The average Bonchev–Trinajstić information content (AvgIpc) is 2.53. The molecule has 0 aromatic heterocycles. The molecule has 0 radical (unpaired) electrons. The second-order valence-corrected chi connectivity index (χ2v) is 6.93. The van der Waals surface area contributed by atoms with Gasteiger partial charge in [-0.25, -0.2) is 0 Å². The van der Waals surface area contributed by atoms with Gasteiger partial charge in [-0.1, -0.05) is 32.0 Å². The zero-order valence-electron chi connectivity index (χ0n) is 12.6. The van der Waals surface area contributed by atoms with Crippen LogP contribution in [0.15, 0.2) is 63.9 Å². The lowest BCUT2D eigenvalue weighted by molar-refractivity contribution is 0.271. The minimum atomic E-state index is -3.65. The molecule has 0 atom stereocenters. The summed E-state index contributed by atoms with van der Waals surface area (Å²) in [6.07, 6.45) is 1.34. The highest BCUT2D eigenvalue weighted by molar-refractivity contribution is 7.90. The predicted molar refractivity (Wildman–Crippen MR) is 88.0 cm³/mol. The SMILES string of the molecule is CC(C)COc1ccc(/C=N\S(=O)(=O)c2ccccc2)cc1. The third-order valence-electron chi connectivity index (χ3n) is 2.85. The van der Waals surface area contributed by atoms with Crippen molar-refractivity contribution in [3.05, 3.63) is 60.2 Å². The van der Waals surface area contributed by atoms with E-state index in [0.29, 0.717) is 18.1 Å². The fourth-order valence-corrected chi connectivity index (χ4v) is 2.58. The first-order chi connectivity index (χ1) is 10.5. The Morgan fingerprint density at radius 3 is 2.27 bits per heavy atom. The molecule has 5 heteroatoms. The fraction of sp³-hybridized carbons (Fsp3) is 0.235. The van der Waals surface area contributed by atoms with Crippen LogP contribution < -0.4 is 4.74 Å². The molecule has 0 fully saturated rings. The Kier molecular flexibility index (Phi) is 5.33. The molecule has 0 saturated carbocycles. The topological polar surface area (TPSA) is 55.7 Å². The smallest absolute Gasteiger partial charge is 0.282 e. The lowest BCUT2D eigenvalue weighted by Crippen LogP contribution is -2.04. The van der Waals surface area contributed by atoms with Crippen molar-refractivity contribution in [2.45, 2.75) is 18.7 Å². The molecule has 0 spiro atoms. The standard InChI is InChI=1S/C17H19NO3S/c1-14(2)13-21-16-10-8-15(9-11-16)12-18-22(19,20)17-6-4-3-5-7-17/h3-12,14H,13H2,1-2H3/b18-12-. The van der Waals surface area contributed by atoms with E-state index in [-0.39, 0.29) is 4.90 Å². The summed E-state index contributed by atoms with van der Waals surface area (Å²) in [5.41, 5.74) is 0.705. The van der Waals surface area contributed by atoms with Crippen LogP contribution in [0.2, 0.25) is 0 Å². The van der Waals surface area contributed by atoms with Crippen LogP contribution in [0.25, 0.3) is 0 Å². The van der Waals surface area contributed by atoms with Gasteiger partial charge in [0.2, 0.25) is 0 Å². The van der Waals surface area contributed by atoms with Gasteiger partial charge in [-0.05, 0) is 47.9 Å². The zero-order valence-corrected chi connectivity index (χ0v) is 13.5. The Morgan fingerprint density at radius 2 is 1.68 bits per heavy atom. The highest BCUT2D eigenvalue weighted by Crippen LogP contribution is 2.14. The minimum Gasteiger partial charge on any atom is -0.493 e. The summed E-state index contributed by atoms with van der Waals surface area (Å²) >= 11 is 0. The lowest BCUT2D eigenvalue weighted by Gasteiger charge is -2.08. The zero-order chi connectivity index (χ0) is 16.0. The monoisotopic (exact) mass is 317 g/mol. The first kappa shape index (κ1) is 16.2. The van der Waals surface area contributed by atoms with E-state index in [1.165, 1.54) is 18.3 Å². The van der Waals surface area contributed by atoms with Crippen molar-refractivity contribution in [1.82, 2.24) is 0 Å². The molecule has 22 heavy (non-hydrogen) atoms. The molecule has 0 amide bonds. The van der Waals surface area contributed by atoms with Gasteiger partial charge in [0, 0.05) is 6.21 Å². The molecule has 116 valence electrons.